The summed E-state index contributed by atoms with van der Waals surface area (Å²) in [6.45, 7) is 3.90. The predicted molar refractivity (Wildman–Crippen MR) is 109 cm³/mol. The fourth-order valence-corrected chi connectivity index (χ4v) is 3.32. The van der Waals surface area contributed by atoms with Crippen molar-refractivity contribution in [2.24, 2.45) is 7.05 Å². The van der Waals surface area contributed by atoms with Gasteiger partial charge in [0, 0.05) is 13.6 Å². The van der Waals surface area contributed by atoms with Crippen LogP contribution >= 0.6 is 0 Å². The molecule has 0 unspecified atom stereocenters. The highest BCUT2D eigenvalue weighted by molar-refractivity contribution is 5.81. The Hall–Kier alpha value is -3.19. The lowest BCUT2D eigenvalue weighted by Gasteiger charge is -2.16. The molecule has 0 saturated heterocycles. The van der Waals surface area contributed by atoms with Crippen molar-refractivity contribution < 1.29 is 4.74 Å². The number of para-hydroxylation sites is 1. The van der Waals surface area contributed by atoms with Crippen LogP contribution in [0.3, 0.4) is 0 Å². The van der Waals surface area contributed by atoms with Gasteiger partial charge in [-0.25, -0.2) is 0 Å². The van der Waals surface area contributed by atoms with Crippen molar-refractivity contribution in [3.8, 4) is 5.75 Å². The number of likely N-dealkylation sites (N-methyl/N-ethyl adjacent to an activating group) is 1. The minimum absolute atomic E-state index is 0.0604. The van der Waals surface area contributed by atoms with Crippen LogP contribution in [0, 0.1) is 6.92 Å². The summed E-state index contributed by atoms with van der Waals surface area (Å²) in [5.74, 6) is 2.20. The summed E-state index contributed by atoms with van der Waals surface area (Å²) >= 11 is 0. The van der Waals surface area contributed by atoms with Crippen molar-refractivity contribution in [2.75, 3.05) is 20.2 Å². The lowest BCUT2D eigenvalue weighted by atomic mass is 10.1. The summed E-state index contributed by atoms with van der Waals surface area (Å²) < 4.78 is 9.29. The van der Waals surface area contributed by atoms with E-state index in [0.29, 0.717) is 24.3 Å². The number of ether oxygens (including phenoxy) is 1. The van der Waals surface area contributed by atoms with Gasteiger partial charge in [-0.05, 0) is 38.2 Å². The van der Waals surface area contributed by atoms with E-state index in [2.05, 4.69) is 15.1 Å². The molecule has 0 radical (unpaired) electrons. The summed E-state index contributed by atoms with van der Waals surface area (Å²) in [4.78, 5) is 14.8. The maximum Gasteiger partial charge on any atom is 0.262 e. The standard InChI is InChI=1S/C21H23N5O2/c1-15-9-10-18-17(13-15)20(27)25(3)21-23-22-19(26(18)21)14-24(2)11-12-28-16-7-5-4-6-8-16/h4-10,13H,11-12,14H2,1-3H3. The molecule has 0 amide bonds. The van der Waals surface area contributed by atoms with Crippen LogP contribution in [0.25, 0.3) is 16.7 Å². The molecular formula is C21H23N5O2. The summed E-state index contributed by atoms with van der Waals surface area (Å²) in [7, 11) is 3.75. The molecule has 28 heavy (non-hydrogen) atoms. The molecule has 2 aromatic heterocycles. The molecule has 0 aliphatic heterocycles. The summed E-state index contributed by atoms with van der Waals surface area (Å²) in [6, 6.07) is 15.7. The average Bonchev–Trinajstić information content (AvgIpc) is 3.10. The molecule has 0 fully saturated rings. The van der Waals surface area contributed by atoms with Gasteiger partial charge in [0.05, 0.1) is 17.4 Å². The zero-order chi connectivity index (χ0) is 19.7. The summed E-state index contributed by atoms with van der Waals surface area (Å²) in [5, 5.41) is 9.27. The van der Waals surface area contributed by atoms with Crippen molar-refractivity contribution in [2.45, 2.75) is 13.5 Å². The zero-order valence-corrected chi connectivity index (χ0v) is 16.3. The number of aromatic nitrogens is 4. The smallest absolute Gasteiger partial charge is 0.262 e. The van der Waals surface area contributed by atoms with E-state index in [1.165, 1.54) is 0 Å². The summed E-state index contributed by atoms with van der Waals surface area (Å²) in [6.07, 6.45) is 0. The first-order valence-electron chi connectivity index (χ1n) is 9.24. The van der Waals surface area contributed by atoms with Gasteiger partial charge in [-0.3, -0.25) is 18.7 Å². The van der Waals surface area contributed by atoms with Crippen LogP contribution in [0.15, 0.2) is 53.3 Å². The first-order valence-corrected chi connectivity index (χ1v) is 9.24. The number of nitrogens with zero attached hydrogens (tertiary/aromatic N) is 5. The lowest BCUT2D eigenvalue weighted by Crippen LogP contribution is -2.26. The second kappa shape index (κ2) is 7.44. The molecule has 0 bridgehead atoms. The second-order valence-electron chi connectivity index (χ2n) is 7.04. The Morgan fingerprint density at radius 3 is 2.68 bits per heavy atom. The Bertz CT molecular complexity index is 1180. The van der Waals surface area contributed by atoms with Crippen molar-refractivity contribution >= 4 is 16.7 Å². The molecule has 0 spiro atoms. The van der Waals surface area contributed by atoms with Gasteiger partial charge >= 0.3 is 0 Å². The van der Waals surface area contributed by atoms with Crippen LogP contribution < -0.4 is 10.3 Å². The Morgan fingerprint density at radius 2 is 1.89 bits per heavy atom. The van der Waals surface area contributed by atoms with Crippen LogP contribution in [0.2, 0.25) is 0 Å². The highest BCUT2D eigenvalue weighted by Crippen LogP contribution is 2.16. The normalized spacial score (nSPS) is 11.6. The molecule has 0 N–H and O–H groups in total. The largest absolute Gasteiger partial charge is 0.492 e. The van der Waals surface area contributed by atoms with E-state index >= 15 is 0 Å². The Kier molecular flexibility index (Phi) is 4.83. The van der Waals surface area contributed by atoms with Crippen LogP contribution in [0.1, 0.15) is 11.4 Å². The Morgan fingerprint density at radius 1 is 1.11 bits per heavy atom. The van der Waals surface area contributed by atoms with E-state index in [1.807, 2.05) is 66.9 Å². The number of aryl methyl sites for hydroxylation is 2. The lowest BCUT2D eigenvalue weighted by molar-refractivity contribution is 0.229. The van der Waals surface area contributed by atoms with Gasteiger partial charge in [-0.2, -0.15) is 0 Å². The van der Waals surface area contributed by atoms with Crippen molar-refractivity contribution in [1.29, 1.82) is 0 Å². The third-order valence-electron chi connectivity index (χ3n) is 4.84. The van der Waals surface area contributed by atoms with Gasteiger partial charge < -0.3 is 4.74 Å². The van der Waals surface area contributed by atoms with Gasteiger partial charge in [-0.1, -0.05) is 29.8 Å². The predicted octanol–water partition coefficient (Wildman–Crippen LogP) is 2.40. The number of benzene rings is 2. The topological polar surface area (TPSA) is 64.7 Å². The molecule has 0 atom stereocenters. The molecule has 0 aliphatic rings. The zero-order valence-electron chi connectivity index (χ0n) is 16.3. The minimum atomic E-state index is -0.0604. The molecule has 144 valence electrons. The van der Waals surface area contributed by atoms with Gasteiger partial charge in [0.2, 0.25) is 5.78 Å². The number of fused-ring (bicyclic) bond motifs is 3. The van der Waals surface area contributed by atoms with Crippen molar-refractivity contribution in [1.82, 2.24) is 24.1 Å². The van der Waals surface area contributed by atoms with E-state index in [1.54, 1.807) is 11.6 Å². The van der Waals surface area contributed by atoms with Gasteiger partial charge in [0.25, 0.3) is 5.56 Å². The van der Waals surface area contributed by atoms with Gasteiger partial charge in [0.1, 0.15) is 12.4 Å². The first kappa shape index (κ1) is 18.2. The van der Waals surface area contributed by atoms with E-state index in [-0.39, 0.29) is 5.56 Å². The maximum atomic E-state index is 12.7. The minimum Gasteiger partial charge on any atom is -0.492 e. The molecular weight excluding hydrogens is 354 g/mol. The number of hydrogen-bond donors (Lipinski definition) is 0. The Balaban J connectivity index is 1.59. The monoisotopic (exact) mass is 377 g/mol. The van der Waals surface area contributed by atoms with Crippen LogP contribution in [-0.4, -0.2) is 44.3 Å². The van der Waals surface area contributed by atoms with Gasteiger partial charge in [-0.15, -0.1) is 10.2 Å². The molecule has 4 aromatic rings. The number of hydrogen-bond acceptors (Lipinski definition) is 5. The molecule has 4 rings (SSSR count). The first-order chi connectivity index (χ1) is 13.5. The molecule has 7 nitrogen and oxygen atoms in total. The van der Waals surface area contributed by atoms with Gasteiger partial charge in [0.15, 0.2) is 5.82 Å². The third-order valence-corrected chi connectivity index (χ3v) is 4.84. The fraction of sp³-hybridized carbons (Fsp3) is 0.286. The molecule has 7 heteroatoms. The fourth-order valence-electron chi connectivity index (χ4n) is 3.32. The quantitative estimate of drug-likeness (QED) is 0.516. The second-order valence-corrected chi connectivity index (χ2v) is 7.04. The average molecular weight is 377 g/mol. The Labute approximate surface area is 162 Å². The highest BCUT2D eigenvalue weighted by atomic mass is 16.5. The van der Waals surface area contributed by atoms with Crippen LogP contribution in [0.5, 0.6) is 5.75 Å². The molecule has 0 aliphatic carbocycles. The van der Waals surface area contributed by atoms with E-state index in [4.69, 9.17) is 4.74 Å². The molecule has 2 aromatic carbocycles. The van der Waals surface area contributed by atoms with Crippen molar-refractivity contribution in [3.63, 3.8) is 0 Å². The van der Waals surface area contributed by atoms with E-state index < -0.39 is 0 Å². The highest BCUT2D eigenvalue weighted by Gasteiger charge is 2.16. The SMILES string of the molecule is Cc1ccc2c(c1)c(=O)n(C)c1nnc(CN(C)CCOc3ccccc3)n21. The molecule has 2 heterocycles. The van der Waals surface area contributed by atoms with Crippen molar-refractivity contribution in [3.05, 3.63) is 70.3 Å². The van der Waals surface area contributed by atoms with E-state index in [9.17, 15) is 4.79 Å². The van der Waals surface area contributed by atoms with Crippen LogP contribution in [0.4, 0.5) is 0 Å². The maximum absolute atomic E-state index is 12.7. The molecule has 0 saturated carbocycles. The summed E-state index contributed by atoms with van der Waals surface area (Å²) in [5.41, 5.74) is 1.82. The van der Waals surface area contributed by atoms with E-state index in [0.717, 1.165) is 29.2 Å². The van der Waals surface area contributed by atoms with Crippen LogP contribution in [-0.2, 0) is 13.6 Å². The number of rotatable bonds is 6. The third kappa shape index (κ3) is 3.36.